The van der Waals surface area contributed by atoms with E-state index in [4.69, 9.17) is 9.72 Å². The first-order valence-electron chi connectivity index (χ1n) is 10.2. The molecule has 5 nitrogen and oxygen atoms in total. The molecule has 0 saturated heterocycles. The molecule has 4 aromatic rings. The summed E-state index contributed by atoms with van der Waals surface area (Å²) in [6.45, 7) is 4.85. The van der Waals surface area contributed by atoms with Crippen molar-refractivity contribution in [2.45, 2.75) is 26.7 Å². The van der Waals surface area contributed by atoms with Gasteiger partial charge < -0.3 is 14.5 Å². The fourth-order valence-corrected chi connectivity index (χ4v) is 3.33. The number of ether oxygens (including phenoxy) is 1. The van der Waals surface area contributed by atoms with Crippen LogP contribution < -0.4 is 10.1 Å². The van der Waals surface area contributed by atoms with Crippen LogP contribution in [0.15, 0.2) is 73.1 Å². The number of hydrogen-bond donors (Lipinski definition) is 1. The number of para-hydroxylation sites is 1. The average molecular weight is 399 g/mol. The minimum absolute atomic E-state index is 0.164. The summed E-state index contributed by atoms with van der Waals surface area (Å²) in [6.07, 6.45) is 6.06. The number of hydrogen-bond acceptors (Lipinski definition) is 3. The number of nitrogens with zero attached hydrogens (tertiary/aromatic N) is 2. The summed E-state index contributed by atoms with van der Waals surface area (Å²) in [5.41, 5.74) is 5.03. The number of nitrogens with one attached hydrogen (secondary N) is 1. The van der Waals surface area contributed by atoms with Gasteiger partial charge in [0.2, 0.25) is 0 Å². The van der Waals surface area contributed by atoms with Crippen LogP contribution >= 0.6 is 0 Å². The third-order valence-corrected chi connectivity index (χ3v) is 5.01. The molecule has 0 atom stereocenters. The molecule has 0 unspecified atom stereocenters. The Morgan fingerprint density at radius 2 is 1.87 bits per heavy atom. The molecule has 0 saturated carbocycles. The van der Waals surface area contributed by atoms with Crippen molar-refractivity contribution in [3.63, 3.8) is 0 Å². The molecule has 2 aromatic carbocycles. The van der Waals surface area contributed by atoms with Crippen molar-refractivity contribution in [2.24, 2.45) is 0 Å². The Hall–Kier alpha value is -3.60. The molecule has 1 N–H and O–H groups in total. The zero-order chi connectivity index (χ0) is 20.9. The molecule has 0 spiro atoms. The van der Waals surface area contributed by atoms with E-state index < -0.39 is 0 Å². The number of carbonyl (C=O) groups is 1. The maximum absolute atomic E-state index is 12.8. The maximum atomic E-state index is 12.8. The van der Waals surface area contributed by atoms with Gasteiger partial charge in [-0.15, -0.1) is 0 Å². The van der Waals surface area contributed by atoms with Crippen LogP contribution in [0.3, 0.4) is 0 Å². The second-order valence-corrected chi connectivity index (χ2v) is 7.27. The van der Waals surface area contributed by atoms with E-state index in [1.165, 1.54) is 0 Å². The molecule has 30 heavy (non-hydrogen) atoms. The number of anilines is 1. The van der Waals surface area contributed by atoms with Gasteiger partial charge in [0.15, 0.2) is 0 Å². The Bertz CT molecular complexity index is 1160. The Morgan fingerprint density at radius 3 is 2.63 bits per heavy atom. The number of aryl methyl sites for hydroxylation is 1. The number of rotatable bonds is 7. The highest BCUT2D eigenvalue weighted by Gasteiger charge is 2.13. The van der Waals surface area contributed by atoms with Gasteiger partial charge in [0, 0.05) is 23.5 Å². The third kappa shape index (κ3) is 4.20. The van der Waals surface area contributed by atoms with Crippen LogP contribution in [-0.2, 0) is 0 Å². The molecular weight excluding hydrogens is 374 g/mol. The first-order chi connectivity index (χ1) is 14.7. The summed E-state index contributed by atoms with van der Waals surface area (Å²) in [5.74, 6) is 0.614. The van der Waals surface area contributed by atoms with Crippen LogP contribution in [0.5, 0.6) is 5.75 Å². The van der Waals surface area contributed by atoms with E-state index in [-0.39, 0.29) is 5.91 Å². The minimum atomic E-state index is -0.164. The predicted octanol–water partition coefficient (Wildman–Crippen LogP) is 5.74. The Balaban J connectivity index is 1.55. The second kappa shape index (κ2) is 8.82. The van der Waals surface area contributed by atoms with Gasteiger partial charge in [-0.25, -0.2) is 4.98 Å². The molecule has 0 aliphatic carbocycles. The molecule has 4 rings (SSSR count). The number of carbonyl (C=O) groups excluding carboxylic acids is 1. The van der Waals surface area contributed by atoms with E-state index in [0.29, 0.717) is 12.2 Å². The van der Waals surface area contributed by atoms with Crippen LogP contribution in [-0.4, -0.2) is 21.9 Å². The van der Waals surface area contributed by atoms with E-state index in [9.17, 15) is 4.79 Å². The highest BCUT2D eigenvalue weighted by molar-refractivity contribution is 6.06. The van der Waals surface area contributed by atoms with Gasteiger partial charge in [-0.3, -0.25) is 4.79 Å². The lowest BCUT2D eigenvalue weighted by molar-refractivity contribution is 0.102. The van der Waals surface area contributed by atoms with Crippen molar-refractivity contribution < 1.29 is 9.53 Å². The molecule has 0 aliphatic rings. The summed E-state index contributed by atoms with van der Waals surface area (Å²) in [4.78, 5) is 17.6. The highest BCUT2D eigenvalue weighted by atomic mass is 16.5. The number of amides is 1. The molecule has 2 aromatic heterocycles. The molecule has 0 radical (unpaired) electrons. The van der Waals surface area contributed by atoms with Gasteiger partial charge in [0.05, 0.1) is 18.0 Å². The summed E-state index contributed by atoms with van der Waals surface area (Å²) < 4.78 is 7.67. The van der Waals surface area contributed by atoms with Gasteiger partial charge in [-0.05, 0) is 55.3 Å². The van der Waals surface area contributed by atoms with Crippen LogP contribution in [0.1, 0.15) is 35.7 Å². The minimum Gasteiger partial charge on any atom is -0.494 e. The van der Waals surface area contributed by atoms with Crippen LogP contribution in [0.25, 0.3) is 16.9 Å². The van der Waals surface area contributed by atoms with Crippen LogP contribution in [0, 0.1) is 6.92 Å². The molecule has 2 heterocycles. The van der Waals surface area contributed by atoms with Crippen molar-refractivity contribution in [1.29, 1.82) is 0 Å². The molecule has 0 fully saturated rings. The lowest BCUT2D eigenvalue weighted by atomic mass is 10.1. The molecule has 152 valence electrons. The van der Waals surface area contributed by atoms with E-state index in [0.717, 1.165) is 46.7 Å². The highest BCUT2D eigenvalue weighted by Crippen LogP contribution is 2.28. The standard InChI is InChI=1S/C25H25N3O2/c1-3-4-16-30-20-13-11-19(12-14-20)25(29)27-22-10-6-5-9-21(22)23-17-28-15-7-8-18(2)24(28)26-23/h5-15,17H,3-4,16H2,1-2H3,(H,27,29). The van der Waals surface area contributed by atoms with E-state index in [2.05, 4.69) is 12.2 Å². The van der Waals surface area contributed by atoms with Gasteiger partial charge in [0.25, 0.3) is 5.91 Å². The Morgan fingerprint density at radius 1 is 1.07 bits per heavy atom. The summed E-state index contributed by atoms with van der Waals surface area (Å²) in [7, 11) is 0. The van der Waals surface area contributed by atoms with E-state index in [1.807, 2.05) is 72.2 Å². The second-order valence-electron chi connectivity index (χ2n) is 7.27. The maximum Gasteiger partial charge on any atom is 0.255 e. The first-order valence-corrected chi connectivity index (χ1v) is 10.2. The van der Waals surface area contributed by atoms with Crippen molar-refractivity contribution in [1.82, 2.24) is 9.38 Å². The quantitative estimate of drug-likeness (QED) is 0.403. The number of pyridine rings is 1. The predicted molar refractivity (Wildman–Crippen MR) is 120 cm³/mol. The number of fused-ring (bicyclic) bond motifs is 1. The largest absolute Gasteiger partial charge is 0.494 e. The topological polar surface area (TPSA) is 55.6 Å². The number of unbranched alkanes of at least 4 members (excludes halogenated alkanes) is 1. The Kier molecular flexibility index (Phi) is 5.80. The third-order valence-electron chi connectivity index (χ3n) is 5.01. The summed E-state index contributed by atoms with van der Waals surface area (Å²) in [5, 5.41) is 3.03. The van der Waals surface area contributed by atoms with Crippen molar-refractivity contribution in [2.75, 3.05) is 11.9 Å². The summed E-state index contributed by atoms with van der Waals surface area (Å²) in [6, 6.07) is 19.0. The summed E-state index contributed by atoms with van der Waals surface area (Å²) >= 11 is 0. The van der Waals surface area contributed by atoms with Gasteiger partial charge in [-0.2, -0.15) is 0 Å². The molecular formula is C25H25N3O2. The number of imidazole rings is 1. The van der Waals surface area contributed by atoms with Crippen molar-refractivity contribution in [3.8, 4) is 17.0 Å². The SMILES string of the molecule is CCCCOc1ccc(C(=O)Nc2ccccc2-c2cn3cccc(C)c3n2)cc1. The fourth-order valence-electron chi connectivity index (χ4n) is 3.33. The van der Waals surface area contributed by atoms with Gasteiger partial charge in [-0.1, -0.05) is 37.6 Å². The van der Waals surface area contributed by atoms with Crippen molar-refractivity contribution >= 4 is 17.2 Å². The van der Waals surface area contributed by atoms with Crippen LogP contribution in [0.4, 0.5) is 5.69 Å². The molecule has 0 aliphatic heterocycles. The first kappa shape index (κ1) is 19.7. The van der Waals surface area contributed by atoms with Gasteiger partial charge >= 0.3 is 0 Å². The van der Waals surface area contributed by atoms with Crippen LogP contribution in [0.2, 0.25) is 0 Å². The molecule has 0 bridgehead atoms. The smallest absolute Gasteiger partial charge is 0.255 e. The van der Waals surface area contributed by atoms with Crippen molar-refractivity contribution in [3.05, 3.63) is 84.2 Å². The Labute approximate surface area is 176 Å². The van der Waals surface area contributed by atoms with E-state index >= 15 is 0 Å². The zero-order valence-electron chi connectivity index (χ0n) is 17.3. The zero-order valence-corrected chi connectivity index (χ0v) is 17.3. The lowest BCUT2D eigenvalue weighted by Gasteiger charge is -2.10. The number of benzene rings is 2. The fraction of sp³-hybridized carbons (Fsp3) is 0.200. The molecule has 5 heteroatoms. The number of aromatic nitrogens is 2. The average Bonchev–Trinajstić information content (AvgIpc) is 3.20. The van der Waals surface area contributed by atoms with Gasteiger partial charge in [0.1, 0.15) is 11.4 Å². The van der Waals surface area contributed by atoms with E-state index in [1.54, 1.807) is 12.1 Å². The lowest BCUT2D eigenvalue weighted by Crippen LogP contribution is -2.12. The normalized spacial score (nSPS) is 10.9. The molecule has 1 amide bonds. The monoisotopic (exact) mass is 399 g/mol.